The fourth-order valence-electron chi connectivity index (χ4n) is 2.12. The Morgan fingerprint density at radius 2 is 2.17 bits per heavy atom. The number of quaternary nitrogens is 1. The monoisotopic (exact) mass is 252 g/mol. The summed E-state index contributed by atoms with van der Waals surface area (Å²) in [7, 11) is 1.66. The van der Waals surface area contributed by atoms with Crippen LogP contribution >= 0.6 is 0 Å². The number of ether oxygens (including phenoxy) is 3. The summed E-state index contributed by atoms with van der Waals surface area (Å²) in [5.74, 6) is 1.60. The van der Waals surface area contributed by atoms with Crippen LogP contribution in [0.2, 0.25) is 0 Å². The number of benzene rings is 1. The molecular weight excluding hydrogens is 230 g/mol. The molecule has 0 radical (unpaired) electrons. The van der Waals surface area contributed by atoms with E-state index in [1.54, 1.807) is 7.11 Å². The third kappa shape index (κ3) is 3.89. The second-order valence-corrected chi connectivity index (χ2v) is 4.45. The Kier molecular flexibility index (Phi) is 5.30. The number of hydrogen-bond acceptors (Lipinski definition) is 3. The first kappa shape index (κ1) is 13.2. The lowest BCUT2D eigenvalue weighted by atomic mass is 10.2. The highest BCUT2D eigenvalue weighted by atomic mass is 16.5. The van der Waals surface area contributed by atoms with Crippen LogP contribution in [0.3, 0.4) is 0 Å². The van der Waals surface area contributed by atoms with Crippen LogP contribution in [0.4, 0.5) is 0 Å². The second-order valence-electron chi connectivity index (χ2n) is 4.45. The van der Waals surface area contributed by atoms with Crippen molar-refractivity contribution in [3.63, 3.8) is 0 Å². The standard InChI is InChI=1S/C14H21NO3/c1-16-13-6-2-3-7-14(13)18-10-8-15-11-12-5-4-9-17-12/h2-3,6-7,12,15H,4-5,8-11H2,1H3/p+1/t12-/m1/s1. The lowest BCUT2D eigenvalue weighted by molar-refractivity contribution is -0.661. The van der Waals surface area contributed by atoms with Crippen molar-refractivity contribution in [2.45, 2.75) is 18.9 Å². The van der Waals surface area contributed by atoms with Crippen LogP contribution in [0.5, 0.6) is 11.5 Å². The predicted octanol–water partition coefficient (Wildman–Crippen LogP) is 0.816. The largest absolute Gasteiger partial charge is 0.493 e. The van der Waals surface area contributed by atoms with Gasteiger partial charge in [0.25, 0.3) is 0 Å². The van der Waals surface area contributed by atoms with Crippen LogP contribution in [-0.4, -0.2) is 39.5 Å². The van der Waals surface area contributed by atoms with Gasteiger partial charge in [-0.05, 0) is 25.0 Å². The molecule has 1 aliphatic rings. The Bertz CT molecular complexity index is 351. The van der Waals surface area contributed by atoms with E-state index in [1.807, 2.05) is 24.3 Å². The quantitative estimate of drug-likeness (QED) is 0.731. The van der Waals surface area contributed by atoms with Crippen molar-refractivity contribution in [2.24, 2.45) is 0 Å². The Morgan fingerprint density at radius 1 is 1.33 bits per heavy atom. The zero-order chi connectivity index (χ0) is 12.6. The van der Waals surface area contributed by atoms with Crippen molar-refractivity contribution in [3.8, 4) is 11.5 Å². The predicted molar refractivity (Wildman–Crippen MR) is 69.1 cm³/mol. The minimum atomic E-state index is 0.441. The number of hydrogen-bond donors (Lipinski definition) is 1. The van der Waals surface area contributed by atoms with Crippen LogP contribution in [0.15, 0.2) is 24.3 Å². The SMILES string of the molecule is COc1ccccc1OCC[NH2+]C[C@H]1CCCO1. The third-order valence-electron chi connectivity index (χ3n) is 3.10. The van der Waals surface area contributed by atoms with E-state index in [-0.39, 0.29) is 0 Å². The maximum atomic E-state index is 5.70. The molecule has 1 aromatic carbocycles. The molecule has 0 saturated carbocycles. The minimum Gasteiger partial charge on any atom is -0.493 e. The summed E-state index contributed by atoms with van der Waals surface area (Å²) in [6.07, 6.45) is 2.84. The molecule has 1 aliphatic heterocycles. The van der Waals surface area contributed by atoms with Crippen LogP contribution in [-0.2, 0) is 4.74 Å². The molecule has 0 spiro atoms. The summed E-state index contributed by atoms with van der Waals surface area (Å²) in [4.78, 5) is 0. The maximum Gasteiger partial charge on any atom is 0.161 e. The van der Waals surface area contributed by atoms with Gasteiger partial charge in [-0.3, -0.25) is 0 Å². The van der Waals surface area contributed by atoms with E-state index in [4.69, 9.17) is 14.2 Å². The van der Waals surface area contributed by atoms with E-state index in [2.05, 4.69) is 5.32 Å². The van der Waals surface area contributed by atoms with Crippen molar-refractivity contribution in [3.05, 3.63) is 24.3 Å². The molecule has 18 heavy (non-hydrogen) atoms. The van der Waals surface area contributed by atoms with Crippen LogP contribution in [0.25, 0.3) is 0 Å². The van der Waals surface area contributed by atoms with Gasteiger partial charge in [-0.15, -0.1) is 0 Å². The van der Waals surface area contributed by atoms with Crippen molar-refractivity contribution in [1.82, 2.24) is 0 Å². The van der Waals surface area contributed by atoms with Gasteiger partial charge in [0.15, 0.2) is 11.5 Å². The number of rotatable bonds is 7. The van der Waals surface area contributed by atoms with E-state index < -0.39 is 0 Å². The molecule has 0 unspecified atom stereocenters. The molecule has 1 atom stereocenters. The summed E-state index contributed by atoms with van der Waals surface area (Å²) in [5, 5.41) is 2.26. The molecule has 0 bridgehead atoms. The molecule has 0 aromatic heterocycles. The van der Waals surface area contributed by atoms with Crippen molar-refractivity contribution >= 4 is 0 Å². The van der Waals surface area contributed by atoms with Gasteiger partial charge in [0.2, 0.25) is 0 Å². The first-order chi connectivity index (χ1) is 8.90. The minimum absolute atomic E-state index is 0.441. The molecule has 100 valence electrons. The van der Waals surface area contributed by atoms with E-state index in [0.29, 0.717) is 12.7 Å². The highest BCUT2D eigenvalue weighted by Gasteiger charge is 2.16. The zero-order valence-corrected chi connectivity index (χ0v) is 10.9. The number of para-hydroxylation sites is 2. The molecule has 0 aliphatic carbocycles. The second kappa shape index (κ2) is 7.24. The molecular formula is C14H22NO3+. The zero-order valence-electron chi connectivity index (χ0n) is 10.9. The van der Waals surface area contributed by atoms with Crippen molar-refractivity contribution in [1.29, 1.82) is 0 Å². The summed E-state index contributed by atoms with van der Waals surface area (Å²) in [6.45, 7) is 3.59. The van der Waals surface area contributed by atoms with Gasteiger partial charge in [0, 0.05) is 6.61 Å². The molecule has 1 aromatic rings. The van der Waals surface area contributed by atoms with Crippen LogP contribution in [0.1, 0.15) is 12.8 Å². The maximum absolute atomic E-state index is 5.70. The molecule has 0 amide bonds. The molecule has 4 nitrogen and oxygen atoms in total. The van der Waals surface area contributed by atoms with Gasteiger partial charge in [0.05, 0.1) is 7.11 Å². The summed E-state index contributed by atoms with van der Waals surface area (Å²) in [6, 6.07) is 7.73. The van der Waals surface area contributed by atoms with Gasteiger partial charge in [-0.1, -0.05) is 12.1 Å². The fourth-order valence-corrected chi connectivity index (χ4v) is 2.12. The van der Waals surface area contributed by atoms with Gasteiger partial charge >= 0.3 is 0 Å². The van der Waals surface area contributed by atoms with Crippen LogP contribution in [0, 0.1) is 0 Å². The van der Waals surface area contributed by atoms with E-state index in [9.17, 15) is 0 Å². The summed E-state index contributed by atoms with van der Waals surface area (Å²) >= 11 is 0. The topological polar surface area (TPSA) is 44.3 Å². The Hall–Kier alpha value is -1.26. The molecule has 4 heteroatoms. The van der Waals surface area contributed by atoms with E-state index >= 15 is 0 Å². The third-order valence-corrected chi connectivity index (χ3v) is 3.10. The van der Waals surface area contributed by atoms with Crippen molar-refractivity contribution < 1.29 is 19.5 Å². The Labute approximate surface area is 108 Å². The van der Waals surface area contributed by atoms with Crippen LogP contribution < -0.4 is 14.8 Å². The van der Waals surface area contributed by atoms with Gasteiger partial charge in [0.1, 0.15) is 25.8 Å². The average molecular weight is 252 g/mol. The van der Waals surface area contributed by atoms with Gasteiger partial charge < -0.3 is 19.5 Å². The average Bonchev–Trinajstić information content (AvgIpc) is 2.92. The van der Waals surface area contributed by atoms with E-state index in [1.165, 1.54) is 12.8 Å². The summed E-state index contributed by atoms with van der Waals surface area (Å²) in [5.41, 5.74) is 0. The fraction of sp³-hybridized carbons (Fsp3) is 0.571. The molecule has 2 rings (SSSR count). The number of nitrogens with two attached hydrogens (primary N) is 1. The first-order valence-electron chi connectivity index (χ1n) is 6.59. The lowest BCUT2D eigenvalue weighted by Crippen LogP contribution is -2.87. The molecule has 1 fully saturated rings. The first-order valence-corrected chi connectivity index (χ1v) is 6.59. The van der Waals surface area contributed by atoms with E-state index in [0.717, 1.165) is 31.2 Å². The Morgan fingerprint density at radius 3 is 2.89 bits per heavy atom. The molecule has 1 saturated heterocycles. The van der Waals surface area contributed by atoms with Gasteiger partial charge in [-0.25, -0.2) is 0 Å². The highest BCUT2D eigenvalue weighted by molar-refractivity contribution is 5.39. The Balaban J connectivity index is 1.62. The molecule has 1 heterocycles. The van der Waals surface area contributed by atoms with Crippen molar-refractivity contribution in [2.75, 3.05) is 33.4 Å². The normalized spacial score (nSPS) is 18.8. The highest BCUT2D eigenvalue weighted by Crippen LogP contribution is 2.25. The van der Waals surface area contributed by atoms with Gasteiger partial charge in [-0.2, -0.15) is 0 Å². The molecule has 2 N–H and O–H groups in total. The lowest BCUT2D eigenvalue weighted by Gasteiger charge is -2.11. The smallest absolute Gasteiger partial charge is 0.161 e. The summed E-state index contributed by atoms with van der Waals surface area (Å²) < 4.78 is 16.5. The number of methoxy groups -OCH3 is 1.